The van der Waals surface area contributed by atoms with Crippen molar-refractivity contribution in [1.82, 2.24) is 15.0 Å². The third kappa shape index (κ3) is 2.78. The summed E-state index contributed by atoms with van der Waals surface area (Å²) < 4.78 is 0. The number of hydrogen-bond donors (Lipinski definition) is 1. The fraction of sp³-hybridized carbons (Fsp3) is 0.200. The van der Waals surface area contributed by atoms with Crippen molar-refractivity contribution in [2.24, 2.45) is 0 Å². The van der Waals surface area contributed by atoms with Gasteiger partial charge in [-0.1, -0.05) is 0 Å². The molecule has 0 atom stereocenters. The summed E-state index contributed by atoms with van der Waals surface area (Å²) in [7, 11) is 0. The monoisotopic (exact) mass is 268 g/mol. The molecule has 0 fully saturated rings. The summed E-state index contributed by atoms with van der Waals surface area (Å²) in [4.78, 5) is 24.3. The fourth-order valence-corrected chi connectivity index (χ4v) is 2.28. The van der Waals surface area contributed by atoms with Crippen LogP contribution < -0.4 is 5.32 Å². The molecule has 0 spiro atoms. The molecule has 1 amide bonds. The van der Waals surface area contributed by atoms with Gasteiger partial charge < -0.3 is 5.32 Å². The van der Waals surface area contributed by atoms with Gasteiger partial charge in [0.15, 0.2) is 0 Å². The van der Waals surface area contributed by atoms with Crippen LogP contribution in [-0.4, -0.2) is 20.9 Å². The molecule has 1 N–H and O–H groups in total. The second kappa shape index (κ2) is 4.77. The summed E-state index contributed by atoms with van der Waals surface area (Å²) in [6.07, 6.45) is 1.48. The van der Waals surface area contributed by atoms with Crippen LogP contribution in [0.4, 0.5) is 5.82 Å². The number of thiazole rings is 1. The number of carbonyl (C=O) groups excluding carboxylic acids is 1. The van der Waals surface area contributed by atoms with E-state index in [1.165, 1.54) is 17.5 Å². The average Bonchev–Trinajstić information content (AvgIpc) is 2.58. The number of hydrogen-bond acceptors (Lipinski definition) is 5. The molecule has 0 aromatic carbocycles. The molecule has 0 bridgehead atoms. The average molecular weight is 269 g/mol. The van der Waals surface area contributed by atoms with Crippen LogP contribution in [0.25, 0.3) is 0 Å². The number of aryl methyl sites for hydroxylation is 2. The van der Waals surface area contributed by atoms with Crippen LogP contribution in [0.5, 0.6) is 0 Å². The summed E-state index contributed by atoms with van der Waals surface area (Å²) in [6.45, 7) is 3.65. The van der Waals surface area contributed by atoms with E-state index in [2.05, 4.69) is 20.3 Å². The standard InChI is InChI=1S/C10H9ClN4OS/c1-5-8(17-6(2)13-5)9(16)14-7-3-4-12-10(11)15-7/h3-4H,1-2H3,(H,12,14,15,16). The zero-order chi connectivity index (χ0) is 12.4. The van der Waals surface area contributed by atoms with Crippen molar-refractivity contribution in [2.45, 2.75) is 13.8 Å². The Labute approximate surface area is 107 Å². The molecule has 2 aromatic rings. The Morgan fingerprint density at radius 1 is 1.41 bits per heavy atom. The Bertz CT molecular complexity index is 569. The zero-order valence-corrected chi connectivity index (χ0v) is 10.8. The van der Waals surface area contributed by atoms with Crippen LogP contribution in [-0.2, 0) is 0 Å². The van der Waals surface area contributed by atoms with Gasteiger partial charge in [0.25, 0.3) is 5.91 Å². The molecule has 2 aromatic heterocycles. The number of halogens is 1. The highest BCUT2D eigenvalue weighted by atomic mass is 35.5. The molecule has 7 heteroatoms. The lowest BCUT2D eigenvalue weighted by Crippen LogP contribution is -2.12. The van der Waals surface area contributed by atoms with Crippen molar-refractivity contribution >= 4 is 34.7 Å². The molecule has 5 nitrogen and oxygen atoms in total. The first kappa shape index (κ1) is 11.9. The lowest BCUT2D eigenvalue weighted by molar-refractivity contribution is 0.102. The highest BCUT2D eigenvalue weighted by Gasteiger charge is 2.14. The van der Waals surface area contributed by atoms with E-state index in [1.54, 1.807) is 13.0 Å². The lowest BCUT2D eigenvalue weighted by Gasteiger charge is -2.02. The van der Waals surface area contributed by atoms with E-state index in [0.717, 1.165) is 5.01 Å². The molecule has 17 heavy (non-hydrogen) atoms. The van der Waals surface area contributed by atoms with Crippen molar-refractivity contribution in [3.05, 3.63) is 33.1 Å². The summed E-state index contributed by atoms with van der Waals surface area (Å²) in [5, 5.41) is 3.60. The van der Waals surface area contributed by atoms with E-state index in [-0.39, 0.29) is 11.2 Å². The normalized spacial score (nSPS) is 10.3. The smallest absolute Gasteiger partial charge is 0.268 e. The summed E-state index contributed by atoms with van der Waals surface area (Å²) in [5.74, 6) is 0.142. The van der Waals surface area contributed by atoms with Crippen molar-refractivity contribution in [2.75, 3.05) is 5.32 Å². The first-order valence-electron chi connectivity index (χ1n) is 4.80. The second-order valence-corrected chi connectivity index (χ2v) is 4.85. The molecule has 0 unspecified atom stereocenters. The van der Waals surface area contributed by atoms with Crippen LogP contribution in [0.3, 0.4) is 0 Å². The van der Waals surface area contributed by atoms with Gasteiger partial charge in [-0.25, -0.2) is 15.0 Å². The van der Waals surface area contributed by atoms with E-state index in [9.17, 15) is 4.79 Å². The lowest BCUT2D eigenvalue weighted by atomic mass is 10.3. The number of rotatable bonds is 2. The number of nitrogens with one attached hydrogen (secondary N) is 1. The van der Waals surface area contributed by atoms with Crippen LogP contribution in [0.2, 0.25) is 5.28 Å². The molecule has 0 saturated carbocycles. The largest absolute Gasteiger partial charge is 0.306 e. The van der Waals surface area contributed by atoms with Gasteiger partial charge >= 0.3 is 0 Å². The topological polar surface area (TPSA) is 67.8 Å². The number of carbonyl (C=O) groups is 1. The molecule has 0 radical (unpaired) electrons. The minimum Gasteiger partial charge on any atom is -0.306 e. The SMILES string of the molecule is Cc1nc(C)c(C(=O)Nc2ccnc(Cl)n2)s1. The van der Waals surface area contributed by atoms with Gasteiger partial charge in [0.05, 0.1) is 10.7 Å². The number of amides is 1. The van der Waals surface area contributed by atoms with Crippen molar-refractivity contribution in [3.63, 3.8) is 0 Å². The van der Waals surface area contributed by atoms with E-state index in [4.69, 9.17) is 11.6 Å². The number of aromatic nitrogens is 3. The summed E-state index contributed by atoms with van der Waals surface area (Å²) >= 11 is 6.97. The van der Waals surface area contributed by atoms with Gasteiger partial charge in [0.1, 0.15) is 10.7 Å². The minimum absolute atomic E-state index is 0.0972. The van der Waals surface area contributed by atoms with Gasteiger partial charge in [-0.15, -0.1) is 11.3 Å². The van der Waals surface area contributed by atoms with Gasteiger partial charge in [-0.2, -0.15) is 0 Å². The zero-order valence-electron chi connectivity index (χ0n) is 9.19. The maximum Gasteiger partial charge on any atom is 0.268 e. The van der Waals surface area contributed by atoms with E-state index < -0.39 is 0 Å². The molecule has 0 aliphatic heterocycles. The van der Waals surface area contributed by atoms with Gasteiger partial charge in [-0.05, 0) is 31.5 Å². The van der Waals surface area contributed by atoms with E-state index >= 15 is 0 Å². The van der Waals surface area contributed by atoms with Gasteiger partial charge in [0, 0.05) is 6.20 Å². The number of nitrogens with zero attached hydrogens (tertiary/aromatic N) is 3. The molecule has 0 aliphatic rings. The molecule has 2 heterocycles. The molecule has 0 aliphatic carbocycles. The van der Waals surface area contributed by atoms with Crippen LogP contribution >= 0.6 is 22.9 Å². The fourth-order valence-electron chi connectivity index (χ4n) is 1.32. The van der Waals surface area contributed by atoms with Crippen molar-refractivity contribution in [1.29, 1.82) is 0 Å². The summed E-state index contributed by atoms with van der Waals surface area (Å²) in [6, 6.07) is 1.58. The molecule has 2 rings (SSSR count). The van der Waals surface area contributed by atoms with E-state index in [1.807, 2.05) is 6.92 Å². The molecular weight excluding hydrogens is 260 g/mol. The predicted molar refractivity (Wildman–Crippen MR) is 66.6 cm³/mol. The first-order valence-corrected chi connectivity index (χ1v) is 5.99. The quantitative estimate of drug-likeness (QED) is 0.850. The Morgan fingerprint density at radius 3 is 2.76 bits per heavy atom. The first-order chi connectivity index (χ1) is 8.06. The third-order valence-electron chi connectivity index (χ3n) is 1.98. The van der Waals surface area contributed by atoms with Crippen LogP contribution in [0, 0.1) is 13.8 Å². The molecule has 0 saturated heterocycles. The molecular formula is C10H9ClN4OS. The second-order valence-electron chi connectivity index (χ2n) is 3.31. The van der Waals surface area contributed by atoms with Gasteiger partial charge in [0.2, 0.25) is 5.28 Å². The summed E-state index contributed by atoms with van der Waals surface area (Å²) in [5.41, 5.74) is 0.713. The number of anilines is 1. The van der Waals surface area contributed by atoms with Crippen molar-refractivity contribution in [3.8, 4) is 0 Å². The van der Waals surface area contributed by atoms with Crippen molar-refractivity contribution < 1.29 is 4.79 Å². The Hall–Kier alpha value is -1.53. The highest BCUT2D eigenvalue weighted by molar-refractivity contribution is 7.13. The van der Waals surface area contributed by atoms with E-state index in [0.29, 0.717) is 16.4 Å². The Balaban J connectivity index is 2.20. The third-order valence-corrected chi connectivity index (χ3v) is 3.23. The maximum absolute atomic E-state index is 11.9. The Morgan fingerprint density at radius 2 is 2.18 bits per heavy atom. The predicted octanol–water partition coefficient (Wildman–Crippen LogP) is 2.46. The van der Waals surface area contributed by atoms with Crippen LogP contribution in [0.1, 0.15) is 20.4 Å². The molecule has 88 valence electrons. The highest BCUT2D eigenvalue weighted by Crippen LogP contribution is 2.18. The maximum atomic E-state index is 11.9. The van der Waals surface area contributed by atoms with Crippen LogP contribution in [0.15, 0.2) is 12.3 Å². The van der Waals surface area contributed by atoms with Gasteiger partial charge in [-0.3, -0.25) is 4.79 Å². The Kier molecular flexibility index (Phi) is 3.35. The minimum atomic E-state index is -0.233.